The minimum absolute atomic E-state index is 0.103. The summed E-state index contributed by atoms with van der Waals surface area (Å²) >= 11 is 0. The highest BCUT2D eigenvalue weighted by Gasteiger charge is 2.11. The van der Waals surface area contributed by atoms with E-state index in [0.29, 0.717) is 12.0 Å². The number of hydrogen-bond acceptors (Lipinski definition) is 6. The minimum Gasteiger partial charge on any atom is -0.507 e. The zero-order chi connectivity index (χ0) is 17.2. The molecule has 0 saturated carbocycles. The van der Waals surface area contributed by atoms with Crippen LogP contribution in [0.5, 0.6) is 5.75 Å². The van der Waals surface area contributed by atoms with Crippen molar-refractivity contribution in [1.29, 1.82) is 0 Å². The fourth-order valence-corrected chi connectivity index (χ4v) is 4.07. The van der Waals surface area contributed by atoms with E-state index in [1.54, 1.807) is 16.9 Å². The van der Waals surface area contributed by atoms with E-state index in [9.17, 15) is 14.7 Å². The molecule has 0 aliphatic rings. The Balaban J connectivity index is 2.24. The Morgan fingerprint density at radius 2 is 1.87 bits per heavy atom. The number of nitrogens with zero attached hydrogens (tertiary/aromatic N) is 1. The summed E-state index contributed by atoms with van der Waals surface area (Å²) < 4.78 is 0. The largest absolute Gasteiger partial charge is 0.507 e. The van der Waals surface area contributed by atoms with Gasteiger partial charge in [0.15, 0.2) is 0 Å². The molecule has 0 heterocycles. The zero-order valence-corrected chi connectivity index (χ0v) is 15.1. The van der Waals surface area contributed by atoms with Gasteiger partial charge in [-0.15, -0.1) is 0 Å². The molecular formula is C16H23NO4S2. The summed E-state index contributed by atoms with van der Waals surface area (Å²) in [5, 5.41) is 18.4. The van der Waals surface area contributed by atoms with Gasteiger partial charge in [-0.1, -0.05) is 27.7 Å². The zero-order valence-electron chi connectivity index (χ0n) is 13.4. The maximum absolute atomic E-state index is 11.9. The summed E-state index contributed by atoms with van der Waals surface area (Å²) in [5.74, 6) is 0.639. The molecule has 0 amide bonds. The van der Waals surface area contributed by atoms with Crippen molar-refractivity contribution in [3.05, 3.63) is 29.3 Å². The van der Waals surface area contributed by atoms with Crippen LogP contribution >= 0.6 is 21.6 Å². The SMILES string of the molecule is CN(C)CCSSCCCC(=O)Cc1ccc(C(=O)O)c(O)c1. The molecule has 0 saturated heterocycles. The van der Waals surface area contributed by atoms with Crippen LogP contribution in [-0.4, -0.2) is 59.0 Å². The molecule has 128 valence electrons. The predicted molar refractivity (Wildman–Crippen MR) is 96.5 cm³/mol. The van der Waals surface area contributed by atoms with Gasteiger partial charge in [-0.05, 0) is 38.2 Å². The van der Waals surface area contributed by atoms with Crippen LogP contribution in [0.2, 0.25) is 0 Å². The van der Waals surface area contributed by atoms with E-state index in [4.69, 9.17) is 5.11 Å². The van der Waals surface area contributed by atoms with Gasteiger partial charge >= 0.3 is 5.97 Å². The highest BCUT2D eigenvalue weighted by Crippen LogP contribution is 2.23. The number of benzene rings is 1. The number of Topliss-reactive ketones (excluding diaryl/α,β-unsaturated/α-hetero) is 1. The summed E-state index contributed by atoms with van der Waals surface area (Å²) in [7, 11) is 7.69. The van der Waals surface area contributed by atoms with Crippen LogP contribution in [0.25, 0.3) is 0 Å². The Hall–Kier alpha value is -1.18. The Bertz CT molecular complexity index is 535. The molecule has 1 aromatic carbocycles. The molecule has 0 bridgehead atoms. The van der Waals surface area contributed by atoms with Gasteiger partial charge in [-0.3, -0.25) is 4.79 Å². The molecule has 0 aromatic heterocycles. The Labute approximate surface area is 144 Å². The maximum Gasteiger partial charge on any atom is 0.339 e. The third kappa shape index (κ3) is 8.29. The fourth-order valence-electron chi connectivity index (χ4n) is 1.85. The minimum atomic E-state index is -1.18. The molecule has 7 heteroatoms. The van der Waals surface area contributed by atoms with Crippen LogP contribution in [0.4, 0.5) is 0 Å². The van der Waals surface area contributed by atoms with E-state index < -0.39 is 5.97 Å². The molecule has 0 fully saturated rings. The maximum atomic E-state index is 11.9. The summed E-state index contributed by atoms with van der Waals surface area (Å²) in [5.41, 5.74) is 0.498. The average Bonchev–Trinajstić information content (AvgIpc) is 2.45. The number of aromatic hydroxyl groups is 1. The number of carboxylic acids is 1. The summed E-state index contributed by atoms with van der Waals surface area (Å²) in [6.45, 7) is 1.05. The Morgan fingerprint density at radius 1 is 1.17 bits per heavy atom. The van der Waals surface area contributed by atoms with Gasteiger partial charge in [0.25, 0.3) is 0 Å². The average molecular weight is 357 g/mol. The second-order valence-corrected chi connectivity index (χ2v) is 8.13. The fraction of sp³-hybridized carbons (Fsp3) is 0.500. The monoisotopic (exact) mass is 357 g/mol. The van der Waals surface area contributed by atoms with Crippen molar-refractivity contribution in [2.45, 2.75) is 19.3 Å². The molecule has 23 heavy (non-hydrogen) atoms. The second-order valence-electron chi connectivity index (χ2n) is 5.42. The van der Waals surface area contributed by atoms with Gasteiger partial charge in [0.05, 0.1) is 0 Å². The van der Waals surface area contributed by atoms with Crippen molar-refractivity contribution < 1.29 is 19.8 Å². The van der Waals surface area contributed by atoms with Gasteiger partial charge in [-0.2, -0.15) is 0 Å². The van der Waals surface area contributed by atoms with Gasteiger partial charge in [-0.25, -0.2) is 4.79 Å². The highest BCUT2D eigenvalue weighted by atomic mass is 33.1. The van der Waals surface area contributed by atoms with Crippen LogP contribution in [0.1, 0.15) is 28.8 Å². The number of hydrogen-bond donors (Lipinski definition) is 2. The van der Waals surface area contributed by atoms with Gasteiger partial charge in [0.2, 0.25) is 0 Å². The summed E-state index contributed by atoms with van der Waals surface area (Å²) in [6.07, 6.45) is 1.56. The van der Waals surface area contributed by atoms with E-state index in [2.05, 4.69) is 4.90 Å². The molecule has 0 aliphatic heterocycles. The summed E-state index contributed by atoms with van der Waals surface area (Å²) in [6, 6.07) is 4.26. The lowest BCUT2D eigenvalue weighted by Gasteiger charge is -2.08. The Morgan fingerprint density at radius 3 is 2.48 bits per heavy atom. The number of carbonyl (C=O) groups excluding carboxylic acids is 1. The molecular weight excluding hydrogens is 334 g/mol. The molecule has 0 spiro atoms. The molecule has 1 aromatic rings. The van der Waals surface area contributed by atoms with Crippen LogP contribution in [0.3, 0.4) is 0 Å². The van der Waals surface area contributed by atoms with Crippen LogP contribution < -0.4 is 0 Å². The van der Waals surface area contributed by atoms with Crippen molar-refractivity contribution in [2.24, 2.45) is 0 Å². The number of aromatic carboxylic acids is 1. The first-order valence-electron chi connectivity index (χ1n) is 7.36. The molecule has 5 nitrogen and oxygen atoms in total. The number of carboxylic acid groups (broad SMARTS) is 1. The lowest BCUT2D eigenvalue weighted by Crippen LogP contribution is -2.14. The predicted octanol–water partition coefficient (Wildman–Crippen LogP) is 2.93. The van der Waals surface area contributed by atoms with Crippen molar-refractivity contribution in [1.82, 2.24) is 4.90 Å². The normalized spacial score (nSPS) is 10.9. The first-order valence-corrected chi connectivity index (χ1v) is 9.85. The molecule has 0 aliphatic carbocycles. The van der Waals surface area contributed by atoms with E-state index in [-0.39, 0.29) is 23.5 Å². The second kappa shape index (κ2) is 10.6. The third-order valence-electron chi connectivity index (χ3n) is 3.08. The van der Waals surface area contributed by atoms with Crippen molar-refractivity contribution in [3.8, 4) is 5.75 Å². The standard InChI is InChI=1S/C16H23NO4S2/c1-17(2)7-9-23-22-8-3-4-13(18)10-12-5-6-14(16(20)21)15(19)11-12/h5-6,11,19H,3-4,7-10H2,1-2H3,(H,20,21). The number of carbonyl (C=O) groups is 2. The molecule has 0 atom stereocenters. The molecule has 1 rings (SSSR count). The number of ketones is 1. The van der Waals surface area contributed by atoms with Crippen molar-refractivity contribution >= 4 is 33.3 Å². The molecule has 2 N–H and O–H groups in total. The lowest BCUT2D eigenvalue weighted by molar-refractivity contribution is -0.118. The van der Waals surface area contributed by atoms with E-state index in [0.717, 1.165) is 24.5 Å². The summed E-state index contributed by atoms with van der Waals surface area (Å²) in [4.78, 5) is 24.8. The quantitative estimate of drug-likeness (QED) is 0.466. The number of rotatable bonds is 11. The van der Waals surface area contributed by atoms with Crippen LogP contribution in [-0.2, 0) is 11.2 Å². The van der Waals surface area contributed by atoms with Crippen LogP contribution in [0.15, 0.2) is 18.2 Å². The van der Waals surface area contributed by atoms with Gasteiger partial charge < -0.3 is 15.1 Å². The van der Waals surface area contributed by atoms with Crippen molar-refractivity contribution in [3.63, 3.8) is 0 Å². The van der Waals surface area contributed by atoms with E-state index in [1.807, 2.05) is 24.9 Å². The number of phenols is 1. The Kier molecular flexibility index (Phi) is 9.13. The highest BCUT2D eigenvalue weighted by molar-refractivity contribution is 8.76. The van der Waals surface area contributed by atoms with Gasteiger partial charge in [0.1, 0.15) is 17.1 Å². The third-order valence-corrected chi connectivity index (χ3v) is 5.55. The van der Waals surface area contributed by atoms with E-state index in [1.165, 1.54) is 12.1 Å². The molecule has 0 radical (unpaired) electrons. The van der Waals surface area contributed by atoms with Gasteiger partial charge in [0, 0.05) is 30.9 Å². The van der Waals surface area contributed by atoms with Crippen molar-refractivity contribution in [2.75, 3.05) is 32.1 Å². The smallest absolute Gasteiger partial charge is 0.339 e. The topological polar surface area (TPSA) is 77.8 Å². The lowest BCUT2D eigenvalue weighted by atomic mass is 10.0. The van der Waals surface area contributed by atoms with E-state index >= 15 is 0 Å². The molecule has 0 unspecified atom stereocenters. The first-order chi connectivity index (χ1) is 10.9. The van der Waals surface area contributed by atoms with Crippen LogP contribution in [0, 0.1) is 0 Å². The first kappa shape index (κ1) is 19.9.